The predicted octanol–water partition coefficient (Wildman–Crippen LogP) is 0.667. The fourth-order valence-corrected chi connectivity index (χ4v) is 1.08. The highest BCUT2D eigenvalue weighted by Gasteiger charge is 1.98. The summed E-state index contributed by atoms with van der Waals surface area (Å²) in [4.78, 5) is 11.2. The number of nitrogens with zero attached hydrogens (tertiary/aromatic N) is 3. The summed E-state index contributed by atoms with van der Waals surface area (Å²) in [5, 5.41) is 10.4. The third-order valence-corrected chi connectivity index (χ3v) is 1.79. The van der Waals surface area contributed by atoms with Crippen molar-refractivity contribution in [3.8, 4) is 0 Å². The number of hydrogen-bond donors (Lipinski definition) is 1. The predicted molar refractivity (Wildman–Crippen MR) is 57.2 cm³/mol. The average Bonchev–Trinajstić information content (AvgIpc) is 2.50. The maximum atomic E-state index is 11.2. The second kappa shape index (κ2) is 5.29. The van der Waals surface area contributed by atoms with Gasteiger partial charge < -0.3 is 5.32 Å². The van der Waals surface area contributed by atoms with Crippen LogP contribution >= 0.6 is 0 Å². The van der Waals surface area contributed by atoms with Gasteiger partial charge in [0.1, 0.15) is 0 Å². The summed E-state index contributed by atoms with van der Waals surface area (Å²) in [7, 11) is 0. The molecule has 0 radical (unpaired) electrons. The molecule has 0 fully saturated rings. The molecule has 15 heavy (non-hydrogen) atoms. The first-order valence-corrected chi connectivity index (χ1v) is 4.91. The number of nitrogens with one attached hydrogen (secondary N) is 1. The number of amides is 1. The van der Waals surface area contributed by atoms with E-state index in [0.717, 1.165) is 5.69 Å². The van der Waals surface area contributed by atoms with Crippen LogP contribution in [0.3, 0.4) is 0 Å². The van der Waals surface area contributed by atoms with Crippen molar-refractivity contribution >= 4 is 5.91 Å². The molecule has 0 aliphatic carbocycles. The number of aryl methyl sites for hydroxylation is 1. The Balaban J connectivity index is 2.40. The van der Waals surface area contributed by atoms with Gasteiger partial charge in [-0.05, 0) is 20.8 Å². The van der Waals surface area contributed by atoms with Gasteiger partial charge in [-0.2, -0.15) is 0 Å². The van der Waals surface area contributed by atoms with E-state index < -0.39 is 0 Å². The molecule has 0 aromatic carbocycles. The molecule has 0 saturated heterocycles. The van der Waals surface area contributed by atoms with Crippen molar-refractivity contribution in [2.45, 2.75) is 33.4 Å². The largest absolute Gasteiger partial charge is 0.350 e. The maximum absolute atomic E-state index is 11.2. The lowest BCUT2D eigenvalue weighted by molar-refractivity contribution is -0.116. The lowest BCUT2D eigenvalue weighted by atomic mass is 10.3. The first-order valence-electron chi connectivity index (χ1n) is 4.91. The summed E-state index contributed by atoms with van der Waals surface area (Å²) in [6.45, 7) is 6.33. The number of carbonyl (C=O) groups is 1. The molecule has 0 aliphatic rings. The highest BCUT2D eigenvalue weighted by molar-refractivity contribution is 5.87. The van der Waals surface area contributed by atoms with E-state index in [2.05, 4.69) is 15.6 Å². The number of allylic oxidation sites excluding steroid dienone is 1. The maximum Gasteiger partial charge on any atom is 0.243 e. The lowest BCUT2D eigenvalue weighted by Crippen LogP contribution is -2.28. The van der Waals surface area contributed by atoms with Gasteiger partial charge in [-0.25, -0.2) is 4.68 Å². The second-order valence-corrected chi connectivity index (χ2v) is 3.62. The van der Waals surface area contributed by atoms with Crippen LogP contribution in [0.4, 0.5) is 0 Å². The van der Waals surface area contributed by atoms with Crippen molar-refractivity contribution in [1.82, 2.24) is 20.3 Å². The summed E-state index contributed by atoms with van der Waals surface area (Å²) in [5.41, 5.74) is 0.976. The zero-order valence-corrected chi connectivity index (χ0v) is 9.27. The third-order valence-electron chi connectivity index (χ3n) is 1.79. The van der Waals surface area contributed by atoms with Crippen LogP contribution < -0.4 is 5.32 Å². The van der Waals surface area contributed by atoms with Gasteiger partial charge >= 0.3 is 0 Å². The first kappa shape index (κ1) is 11.4. The monoisotopic (exact) mass is 208 g/mol. The summed E-state index contributed by atoms with van der Waals surface area (Å²) >= 11 is 0. The van der Waals surface area contributed by atoms with Crippen molar-refractivity contribution < 1.29 is 4.79 Å². The van der Waals surface area contributed by atoms with Gasteiger partial charge in [0.25, 0.3) is 0 Å². The Labute approximate surface area is 89.2 Å². The number of rotatable bonds is 4. The Morgan fingerprint density at radius 1 is 1.67 bits per heavy atom. The van der Waals surface area contributed by atoms with Crippen molar-refractivity contribution in [2.75, 3.05) is 0 Å². The van der Waals surface area contributed by atoms with Gasteiger partial charge in [-0.1, -0.05) is 11.3 Å². The Kier molecular flexibility index (Phi) is 4.03. The van der Waals surface area contributed by atoms with Crippen LogP contribution in [0.15, 0.2) is 18.3 Å². The van der Waals surface area contributed by atoms with Gasteiger partial charge in [0.05, 0.1) is 18.4 Å². The molecule has 0 bridgehead atoms. The van der Waals surface area contributed by atoms with Crippen LogP contribution in [0.1, 0.15) is 19.5 Å². The molecule has 0 spiro atoms. The summed E-state index contributed by atoms with van der Waals surface area (Å²) in [5.74, 6) is -0.0808. The summed E-state index contributed by atoms with van der Waals surface area (Å²) in [6, 6.07) is 0.162. The molecule has 1 amide bonds. The Morgan fingerprint density at radius 3 is 2.93 bits per heavy atom. The molecule has 1 heterocycles. The molecule has 1 aromatic heterocycles. The standard InChI is InChI=1S/C10H16N4O/c1-8(2)12-10(15)5-4-6-14-9(3)7-11-13-14/h4-5,7-8H,6H2,1-3H3,(H,12,15)/b5-4+. The zero-order valence-electron chi connectivity index (χ0n) is 9.27. The minimum atomic E-state index is -0.0808. The number of aromatic nitrogens is 3. The second-order valence-electron chi connectivity index (χ2n) is 3.62. The van der Waals surface area contributed by atoms with E-state index in [1.807, 2.05) is 20.8 Å². The van der Waals surface area contributed by atoms with Gasteiger partial charge in [0.2, 0.25) is 5.91 Å². The fourth-order valence-electron chi connectivity index (χ4n) is 1.08. The van der Waals surface area contributed by atoms with Crippen LogP contribution in [-0.2, 0) is 11.3 Å². The van der Waals surface area contributed by atoms with Crippen molar-refractivity contribution in [2.24, 2.45) is 0 Å². The molecule has 0 aliphatic heterocycles. The molecule has 0 atom stereocenters. The smallest absolute Gasteiger partial charge is 0.243 e. The Hall–Kier alpha value is -1.65. The quantitative estimate of drug-likeness (QED) is 0.740. The van der Waals surface area contributed by atoms with Gasteiger partial charge in [0, 0.05) is 12.1 Å². The van der Waals surface area contributed by atoms with Gasteiger partial charge in [0.15, 0.2) is 0 Å². The van der Waals surface area contributed by atoms with E-state index in [1.165, 1.54) is 6.08 Å². The average molecular weight is 208 g/mol. The molecule has 0 saturated carbocycles. The Bertz CT molecular complexity index is 354. The highest BCUT2D eigenvalue weighted by Crippen LogP contribution is 1.92. The molecule has 1 rings (SSSR count). The zero-order chi connectivity index (χ0) is 11.3. The molecular weight excluding hydrogens is 192 g/mol. The first-order chi connectivity index (χ1) is 7.09. The van der Waals surface area contributed by atoms with E-state index in [0.29, 0.717) is 6.54 Å². The SMILES string of the molecule is Cc1cnnn1C/C=C/C(=O)NC(C)C. The lowest BCUT2D eigenvalue weighted by Gasteiger charge is -2.04. The van der Waals surface area contributed by atoms with Crippen molar-refractivity contribution in [3.63, 3.8) is 0 Å². The van der Waals surface area contributed by atoms with Crippen molar-refractivity contribution in [1.29, 1.82) is 0 Å². The molecule has 5 nitrogen and oxygen atoms in total. The van der Waals surface area contributed by atoms with Crippen LogP contribution in [0.25, 0.3) is 0 Å². The fraction of sp³-hybridized carbons (Fsp3) is 0.500. The Morgan fingerprint density at radius 2 is 2.40 bits per heavy atom. The van der Waals surface area contributed by atoms with E-state index >= 15 is 0 Å². The minimum Gasteiger partial charge on any atom is -0.350 e. The molecule has 0 unspecified atom stereocenters. The van der Waals surface area contributed by atoms with E-state index in [4.69, 9.17) is 0 Å². The van der Waals surface area contributed by atoms with Crippen LogP contribution in [0.2, 0.25) is 0 Å². The van der Waals surface area contributed by atoms with E-state index in [-0.39, 0.29) is 11.9 Å². The van der Waals surface area contributed by atoms with Gasteiger partial charge in [-0.15, -0.1) is 5.10 Å². The van der Waals surface area contributed by atoms with E-state index in [9.17, 15) is 4.79 Å². The highest BCUT2D eigenvalue weighted by atomic mass is 16.1. The molecular formula is C10H16N4O. The normalized spacial score (nSPS) is 11.2. The molecule has 1 aromatic rings. The number of hydrogen-bond acceptors (Lipinski definition) is 3. The van der Waals surface area contributed by atoms with Gasteiger partial charge in [-0.3, -0.25) is 4.79 Å². The van der Waals surface area contributed by atoms with Crippen molar-refractivity contribution in [3.05, 3.63) is 24.0 Å². The van der Waals surface area contributed by atoms with Crippen LogP contribution in [0, 0.1) is 6.92 Å². The van der Waals surface area contributed by atoms with Crippen LogP contribution in [0.5, 0.6) is 0 Å². The third kappa shape index (κ3) is 3.93. The number of carbonyl (C=O) groups excluding carboxylic acids is 1. The molecule has 1 N–H and O–H groups in total. The molecule has 82 valence electrons. The van der Waals surface area contributed by atoms with Crippen LogP contribution in [-0.4, -0.2) is 26.9 Å². The molecule has 5 heteroatoms. The summed E-state index contributed by atoms with van der Waals surface area (Å²) < 4.78 is 1.72. The summed E-state index contributed by atoms with van der Waals surface area (Å²) in [6.07, 6.45) is 4.96. The van der Waals surface area contributed by atoms with E-state index in [1.54, 1.807) is 17.0 Å². The topological polar surface area (TPSA) is 59.8 Å². The minimum absolute atomic E-state index is 0.0808.